The highest BCUT2D eigenvalue weighted by Gasteiger charge is 2.49. The molecule has 3 heteroatoms. The van der Waals surface area contributed by atoms with Crippen LogP contribution in [0, 0.1) is 16.4 Å². The lowest BCUT2D eigenvalue weighted by Crippen LogP contribution is -2.34. The van der Waals surface area contributed by atoms with Gasteiger partial charge >= 0.3 is 0 Å². The number of carbonyl (C=O) groups is 1. The van der Waals surface area contributed by atoms with Crippen LogP contribution in [-0.2, 0) is 4.74 Å². The maximum atomic E-state index is 12.8. The number of halogens is 1. The summed E-state index contributed by atoms with van der Waals surface area (Å²) in [6.07, 6.45) is 0.781. The maximum absolute atomic E-state index is 12.8. The van der Waals surface area contributed by atoms with Crippen molar-refractivity contribution in [1.82, 2.24) is 0 Å². The van der Waals surface area contributed by atoms with Gasteiger partial charge in [-0.3, -0.25) is 4.79 Å². The van der Waals surface area contributed by atoms with E-state index in [1.54, 1.807) is 0 Å². The molecular weight excluding hydrogens is 351 g/mol. The van der Waals surface area contributed by atoms with Crippen LogP contribution in [0.1, 0.15) is 50.0 Å². The number of ketones is 1. The number of Topliss-reactive ketones (excluding diaryl/α,β-unsaturated/α-hetero) is 1. The molecule has 2 rings (SSSR count). The molecule has 0 saturated carbocycles. The summed E-state index contributed by atoms with van der Waals surface area (Å²) in [5.41, 5.74) is 1.37. The number of hydrogen-bond donors (Lipinski definition) is 0. The number of carbonyl (C=O) groups excluding carboxylic acids is 1. The minimum atomic E-state index is -0.395. The smallest absolute Gasteiger partial charge is 0.169 e. The first-order valence-electron chi connectivity index (χ1n) is 6.63. The number of hydrogen-bond acceptors (Lipinski definition) is 2. The van der Waals surface area contributed by atoms with Gasteiger partial charge in [0, 0.05) is 9.13 Å². The second-order valence-electron chi connectivity index (χ2n) is 6.52. The molecule has 1 aliphatic rings. The van der Waals surface area contributed by atoms with E-state index in [2.05, 4.69) is 36.4 Å². The van der Waals surface area contributed by atoms with E-state index in [4.69, 9.17) is 4.74 Å². The molecular formula is C16H21IO2. The van der Waals surface area contributed by atoms with Crippen LogP contribution in [0.3, 0.4) is 0 Å². The fraction of sp³-hybridized carbons (Fsp3) is 0.562. The van der Waals surface area contributed by atoms with Crippen LogP contribution < -0.4 is 0 Å². The van der Waals surface area contributed by atoms with Crippen molar-refractivity contribution >= 4 is 28.4 Å². The monoisotopic (exact) mass is 372 g/mol. The Morgan fingerprint density at radius 1 is 1.32 bits per heavy atom. The van der Waals surface area contributed by atoms with Crippen molar-refractivity contribution in [2.45, 2.75) is 52.2 Å². The van der Waals surface area contributed by atoms with Crippen LogP contribution in [0.25, 0.3) is 0 Å². The molecule has 0 aliphatic carbocycles. The molecule has 0 N–H and O–H groups in total. The number of rotatable bonds is 2. The predicted octanol–water partition coefficient (Wildman–Crippen LogP) is 4.38. The summed E-state index contributed by atoms with van der Waals surface area (Å²) in [5.74, 6) is 0.140. The second kappa shape index (κ2) is 4.85. The summed E-state index contributed by atoms with van der Waals surface area (Å²) in [6, 6.07) is 5.93. The average Bonchev–Trinajstić information content (AvgIpc) is 2.50. The summed E-state index contributed by atoms with van der Waals surface area (Å²) in [4.78, 5) is 12.8. The van der Waals surface area contributed by atoms with Crippen molar-refractivity contribution in [1.29, 1.82) is 0 Å². The Morgan fingerprint density at radius 2 is 1.95 bits per heavy atom. The van der Waals surface area contributed by atoms with Gasteiger partial charge in [0.2, 0.25) is 0 Å². The highest BCUT2D eigenvalue weighted by Crippen LogP contribution is 2.43. The van der Waals surface area contributed by atoms with Crippen LogP contribution in [0.2, 0.25) is 0 Å². The predicted molar refractivity (Wildman–Crippen MR) is 85.6 cm³/mol. The van der Waals surface area contributed by atoms with Gasteiger partial charge in [-0.1, -0.05) is 18.2 Å². The van der Waals surface area contributed by atoms with E-state index in [0.29, 0.717) is 0 Å². The summed E-state index contributed by atoms with van der Waals surface area (Å²) in [5, 5.41) is 0. The van der Waals surface area contributed by atoms with Crippen molar-refractivity contribution in [3.05, 3.63) is 32.9 Å². The molecule has 1 fully saturated rings. The van der Waals surface area contributed by atoms with E-state index < -0.39 is 5.60 Å². The molecule has 0 bridgehead atoms. The van der Waals surface area contributed by atoms with E-state index in [1.165, 1.54) is 0 Å². The third-order valence-electron chi connectivity index (χ3n) is 3.85. The minimum absolute atomic E-state index is 0.0715. The normalized spacial score (nSPS) is 24.4. The minimum Gasteiger partial charge on any atom is -0.369 e. The molecule has 1 aromatic carbocycles. The molecule has 1 atom stereocenters. The molecule has 0 aromatic heterocycles. The van der Waals surface area contributed by atoms with Crippen LogP contribution >= 0.6 is 22.6 Å². The Balaban J connectivity index is 2.37. The molecule has 2 nitrogen and oxygen atoms in total. The Hall–Kier alpha value is -0.420. The third kappa shape index (κ3) is 2.87. The van der Waals surface area contributed by atoms with Gasteiger partial charge in [-0.2, -0.15) is 0 Å². The van der Waals surface area contributed by atoms with Crippen molar-refractivity contribution < 1.29 is 9.53 Å². The topological polar surface area (TPSA) is 26.3 Å². The lowest BCUT2D eigenvalue weighted by molar-refractivity contribution is -0.0712. The first-order chi connectivity index (χ1) is 8.64. The molecule has 1 saturated heterocycles. The molecule has 1 heterocycles. The van der Waals surface area contributed by atoms with Crippen molar-refractivity contribution in [3.63, 3.8) is 0 Å². The van der Waals surface area contributed by atoms with E-state index in [-0.39, 0.29) is 17.3 Å². The maximum Gasteiger partial charge on any atom is 0.169 e. The zero-order valence-electron chi connectivity index (χ0n) is 12.2. The van der Waals surface area contributed by atoms with E-state index in [0.717, 1.165) is 21.1 Å². The van der Waals surface area contributed by atoms with Gasteiger partial charge in [-0.15, -0.1) is 0 Å². The van der Waals surface area contributed by atoms with Crippen molar-refractivity contribution in [3.8, 4) is 0 Å². The second-order valence-corrected chi connectivity index (χ2v) is 7.60. The molecule has 0 spiro atoms. The largest absolute Gasteiger partial charge is 0.369 e. The van der Waals surface area contributed by atoms with Gasteiger partial charge in [-0.05, 0) is 69.2 Å². The fourth-order valence-electron chi connectivity index (χ4n) is 3.00. The lowest BCUT2D eigenvalue weighted by atomic mass is 9.81. The van der Waals surface area contributed by atoms with Crippen molar-refractivity contribution in [2.75, 3.05) is 0 Å². The van der Waals surface area contributed by atoms with Gasteiger partial charge in [0.15, 0.2) is 5.78 Å². The van der Waals surface area contributed by atoms with Gasteiger partial charge < -0.3 is 4.74 Å². The molecule has 104 valence electrons. The molecule has 1 aliphatic heterocycles. The highest BCUT2D eigenvalue weighted by molar-refractivity contribution is 14.1. The van der Waals surface area contributed by atoms with E-state index in [1.807, 2.05) is 39.0 Å². The van der Waals surface area contributed by atoms with E-state index in [9.17, 15) is 4.79 Å². The SMILES string of the molecule is Cc1cccc(C(=O)C2CC(C)(C)OC2(C)C)c1I. The standard InChI is InChI=1S/C16H21IO2/c1-10-7-6-8-11(13(10)17)14(18)12-9-15(2,3)19-16(12,4)5/h6-8,12H,9H2,1-5H3. The van der Waals surface area contributed by atoms with E-state index >= 15 is 0 Å². The Kier molecular flexibility index (Phi) is 3.82. The van der Waals surface area contributed by atoms with Crippen molar-refractivity contribution in [2.24, 2.45) is 5.92 Å². The first-order valence-corrected chi connectivity index (χ1v) is 7.71. The lowest BCUT2D eigenvalue weighted by Gasteiger charge is -2.26. The summed E-state index contributed by atoms with van der Waals surface area (Å²) >= 11 is 2.27. The molecule has 0 radical (unpaired) electrons. The number of benzene rings is 1. The first kappa shape index (κ1) is 15.0. The summed E-state index contributed by atoms with van der Waals surface area (Å²) in [6.45, 7) is 10.2. The van der Waals surface area contributed by atoms with Gasteiger partial charge in [-0.25, -0.2) is 0 Å². The summed E-state index contributed by atoms with van der Waals surface area (Å²) in [7, 11) is 0. The van der Waals surface area contributed by atoms with Crippen LogP contribution in [-0.4, -0.2) is 17.0 Å². The van der Waals surface area contributed by atoms with Gasteiger partial charge in [0.25, 0.3) is 0 Å². The van der Waals surface area contributed by atoms with Crippen LogP contribution in [0.4, 0.5) is 0 Å². The van der Waals surface area contributed by atoms with Gasteiger partial charge in [0.05, 0.1) is 17.1 Å². The zero-order valence-corrected chi connectivity index (χ0v) is 14.4. The molecule has 1 unspecified atom stereocenters. The Bertz CT molecular complexity index is 517. The Labute approximate surface area is 129 Å². The average molecular weight is 372 g/mol. The molecule has 1 aromatic rings. The third-order valence-corrected chi connectivity index (χ3v) is 5.28. The summed E-state index contributed by atoms with van der Waals surface area (Å²) < 4.78 is 7.10. The molecule has 19 heavy (non-hydrogen) atoms. The highest BCUT2D eigenvalue weighted by atomic mass is 127. The van der Waals surface area contributed by atoms with Crippen LogP contribution in [0.15, 0.2) is 18.2 Å². The van der Waals surface area contributed by atoms with Gasteiger partial charge in [0.1, 0.15) is 0 Å². The zero-order chi connectivity index (χ0) is 14.4. The fourth-order valence-corrected chi connectivity index (χ4v) is 3.62. The number of ether oxygens (including phenoxy) is 1. The Morgan fingerprint density at radius 3 is 2.47 bits per heavy atom. The molecule has 0 amide bonds. The van der Waals surface area contributed by atoms with Crippen LogP contribution in [0.5, 0.6) is 0 Å². The number of aryl methyl sites for hydroxylation is 1. The quantitative estimate of drug-likeness (QED) is 0.569.